The van der Waals surface area contributed by atoms with Crippen molar-refractivity contribution < 1.29 is 9.15 Å². The molecule has 1 aliphatic rings. The predicted octanol–water partition coefficient (Wildman–Crippen LogP) is 6.60. The summed E-state index contributed by atoms with van der Waals surface area (Å²) in [6.45, 7) is 1.49. The number of oxazole rings is 1. The summed E-state index contributed by atoms with van der Waals surface area (Å²) in [6, 6.07) is 16.0. The first-order valence-corrected chi connectivity index (χ1v) is 12.3. The van der Waals surface area contributed by atoms with E-state index in [0.29, 0.717) is 5.02 Å². The van der Waals surface area contributed by atoms with E-state index in [1.807, 2.05) is 31.3 Å². The molecular formula is C23H21ClN4O2S2. The summed E-state index contributed by atoms with van der Waals surface area (Å²) < 4.78 is 11.8. The van der Waals surface area contributed by atoms with Crippen molar-refractivity contribution in [2.24, 2.45) is 0 Å². The molecule has 2 aromatic heterocycles. The fourth-order valence-corrected chi connectivity index (χ4v) is 5.22. The van der Waals surface area contributed by atoms with Gasteiger partial charge in [0.1, 0.15) is 10.7 Å². The Balaban J connectivity index is 1.47. The first kappa shape index (κ1) is 21.5. The third-order valence-electron chi connectivity index (χ3n) is 5.25. The van der Waals surface area contributed by atoms with Crippen LogP contribution in [0.3, 0.4) is 0 Å². The predicted molar refractivity (Wildman–Crippen MR) is 129 cm³/mol. The molecule has 9 heteroatoms. The third kappa shape index (κ3) is 4.68. The van der Waals surface area contributed by atoms with Crippen LogP contribution in [0.15, 0.2) is 62.9 Å². The van der Waals surface area contributed by atoms with Crippen molar-refractivity contribution >= 4 is 39.8 Å². The highest BCUT2D eigenvalue weighted by molar-refractivity contribution is 7.99. The number of hydrogen-bond acceptors (Lipinski definition) is 8. The van der Waals surface area contributed by atoms with Gasteiger partial charge in [-0.05, 0) is 48.9 Å². The number of hydrogen-bond donors (Lipinski definition) is 1. The molecule has 32 heavy (non-hydrogen) atoms. The molecule has 0 unspecified atom stereocenters. The number of rotatable bonds is 6. The average molecular weight is 485 g/mol. The summed E-state index contributed by atoms with van der Waals surface area (Å²) in [5, 5.41) is 14.6. The fraction of sp³-hybridized carbons (Fsp3) is 0.261. The highest BCUT2D eigenvalue weighted by Gasteiger charge is 2.25. The Hall–Kier alpha value is -2.39. The van der Waals surface area contributed by atoms with Crippen LogP contribution < -0.4 is 5.32 Å². The van der Waals surface area contributed by atoms with E-state index in [0.717, 1.165) is 68.9 Å². The van der Waals surface area contributed by atoms with Gasteiger partial charge in [0.15, 0.2) is 11.0 Å². The average Bonchev–Trinajstić information content (AvgIpc) is 3.49. The molecule has 1 saturated heterocycles. The molecule has 3 heterocycles. The minimum atomic E-state index is 0.280. The Morgan fingerprint density at radius 2 is 1.72 bits per heavy atom. The number of halogens is 1. The van der Waals surface area contributed by atoms with Crippen molar-refractivity contribution in [2.45, 2.75) is 28.7 Å². The molecule has 164 valence electrons. The van der Waals surface area contributed by atoms with E-state index in [4.69, 9.17) is 25.7 Å². The molecule has 0 bridgehead atoms. The van der Waals surface area contributed by atoms with Crippen LogP contribution in [0.5, 0.6) is 0 Å². The van der Waals surface area contributed by atoms with Gasteiger partial charge in [0, 0.05) is 47.2 Å². The highest BCUT2D eigenvalue weighted by atomic mass is 35.5. The smallest absolute Gasteiger partial charge is 0.205 e. The monoisotopic (exact) mass is 484 g/mol. The summed E-state index contributed by atoms with van der Waals surface area (Å²) in [7, 11) is 1.84. The number of nitrogens with zero attached hydrogens (tertiary/aromatic N) is 3. The largest absolute Gasteiger partial charge is 0.433 e. The molecule has 1 fully saturated rings. The van der Waals surface area contributed by atoms with E-state index in [9.17, 15) is 0 Å². The Morgan fingerprint density at radius 1 is 1.00 bits per heavy atom. The van der Waals surface area contributed by atoms with Crippen LogP contribution in [0, 0.1) is 0 Å². The summed E-state index contributed by atoms with van der Waals surface area (Å²) in [4.78, 5) is 5.98. The third-order valence-corrected chi connectivity index (χ3v) is 7.46. The number of benzene rings is 2. The Kier molecular flexibility index (Phi) is 6.45. The summed E-state index contributed by atoms with van der Waals surface area (Å²) in [5.41, 5.74) is 2.88. The molecule has 1 N–H and O–H groups in total. The SMILES string of the molecule is CNc1nnc(-c2ccc(-c3nc(C4CCOCC4)oc3Sc3ccc(Cl)cc3)cc2)s1. The first-order chi connectivity index (χ1) is 15.7. The second-order valence-corrected chi connectivity index (χ2v) is 9.83. The van der Waals surface area contributed by atoms with Crippen LogP contribution >= 0.6 is 34.7 Å². The zero-order chi connectivity index (χ0) is 21.9. The van der Waals surface area contributed by atoms with E-state index >= 15 is 0 Å². The zero-order valence-corrected chi connectivity index (χ0v) is 19.8. The molecule has 2 aromatic carbocycles. The molecule has 4 aromatic rings. The van der Waals surface area contributed by atoms with Crippen molar-refractivity contribution in [3.63, 3.8) is 0 Å². The second kappa shape index (κ2) is 9.62. The Morgan fingerprint density at radius 3 is 2.41 bits per heavy atom. The maximum absolute atomic E-state index is 6.31. The Bertz CT molecular complexity index is 1190. The van der Waals surface area contributed by atoms with Crippen molar-refractivity contribution in [1.82, 2.24) is 15.2 Å². The Labute approximate surface area is 199 Å². The summed E-state index contributed by atoms with van der Waals surface area (Å²) in [6.07, 6.45) is 1.85. The van der Waals surface area contributed by atoms with E-state index in [1.165, 1.54) is 11.3 Å². The lowest BCUT2D eigenvalue weighted by Crippen LogP contribution is -2.14. The standard InChI is InChI=1S/C23H21ClN4O2S2/c1-25-23-28-27-21(32-23)16-4-2-14(3-5-16)19-22(31-18-8-6-17(24)7-9-18)30-20(26-19)15-10-12-29-13-11-15/h2-9,15H,10-13H2,1H3,(H,25,28). The molecule has 5 rings (SSSR count). The molecule has 6 nitrogen and oxygen atoms in total. The van der Waals surface area contributed by atoms with E-state index < -0.39 is 0 Å². The summed E-state index contributed by atoms with van der Waals surface area (Å²) >= 11 is 9.14. The molecule has 1 aliphatic heterocycles. The minimum absolute atomic E-state index is 0.280. The van der Waals surface area contributed by atoms with Crippen LogP contribution in [-0.4, -0.2) is 35.4 Å². The van der Waals surface area contributed by atoms with Gasteiger partial charge >= 0.3 is 0 Å². The molecule has 0 spiro atoms. The molecule has 0 atom stereocenters. The summed E-state index contributed by atoms with van der Waals surface area (Å²) in [5.74, 6) is 1.06. The van der Waals surface area contributed by atoms with E-state index in [1.54, 1.807) is 11.8 Å². The van der Waals surface area contributed by atoms with Crippen molar-refractivity contribution in [3.8, 4) is 21.8 Å². The van der Waals surface area contributed by atoms with Gasteiger partial charge in [-0.15, -0.1) is 10.2 Å². The molecule has 0 amide bonds. The van der Waals surface area contributed by atoms with E-state index in [2.05, 4.69) is 39.8 Å². The quantitative estimate of drug-likeness (QED) is 0.330. The topological polar surface area (TPSA) is 73.1 Å². The van der Waals surface area contributed by atoms with Gasteiger partial charge in [0.05, 0.1) is 0 Å². The lowest BCUT2D eigenvalue weighted by Gasteiger charge is -2.18. The van der Waals surface area contributed by atoms with Gasteiger partial charge in [-0.1, -0.05) is 47.2 Å². The van der Waals surface area contributed by atoms with Crippen LogP contribution in [-0.2, 0) is 4.74 Å². The van der Waals surface area contributed by atoms with Crippen LogP contribution in [0.25, 0.3) is 21.8 Å². The first-order valence-electron chi connectivity index (χ1n) is 10.3. The van der Waals surface area contributed by atoms with Crippen molar-refractivity contribution in [3.05, 3.63) is 59.4 Å². The van der Waals surface area contributed by atoms with Gasteiger partial charge in [0.2, 0.25) is 5.13 Å². The maximum atomic E-state index is 6.31. The second-order valence-electron chi connectivity index (χ2n) is 7.37. The van der Waals surface area contributed by atoms with E-state index in [-0.39, 0.29) is 5.92 Å². The zero-order valence-electron chi connectivity index (χ0n) is 17.4. The highest BCUT2D eigenvalue weighted by Crippen LogP contribution is 2.40. The number of nitrogens with one attached hydrogen (secondary N) is 1. The normalized spacial score (nSPS) is 14.6. The number of ether oxygens (including phenoxy) is 1. The molecular weight excluding hydrogens is 464 g/mol. The van der Waals surface area contributed by atoms with Gasteiger partial charge in [-0.25, -0.2) is 4.98 Å². The van der Waals surface area contributed by atoms with Gasteiger partial charge in [-0.3, -0.25) is 0 Å². The van der Waals surface area contributed by atoms with Crippen LogP contribution in [0.4, 0.5) is 5.13 Å². The molecule has 0 saturated carbocycles. The molecule has 0 aliphatic carbocycles. The fourth-order valence-electron chi connectivity index (χ4n) is 3.51. The lowest BCUT2D eigenvalue weighted by molar-refractivity contribution is 0.0786. The minimum Gasteiger partial charge on any atom is -0.433 e. The van der Waals surface area contributed by atoms with Crippen LogP contribution in [0.2, 0.25) is 5.02 Å². The lowest BCUT2D eigenvalue weighted by atomic mass is 10.0. The number of aromatic nitrogens is 3. The molecule has 0 radical (unpaired) electrons. The van der Waals surface area contributed by atoms with Gasteiger partial charge in [-0.2, -0.15) is 0 Å². The van der Waals surface area contributed by atoms with Gasteiger partial charge < -0.3 is 14.5 Å². The van der Waals surface area contributed by atoms with Crippen molar-refractivity contribution in [1.29, 1.82) is 0 Å². The van der Waals surface area contributed by atoms with Crippen LogP contribution in [0.1, 0.15) is 24.7 Å². The van der Waals surface area contributed by atoms with Gasteiger partial charge in [0.25, 0.3) is 0 Å². The van der Waals surface area contributed by atoms with Crippen molar-refractivity contribution in [2.75, 3.05) is 25.6 Å². The maximum Gasteiger partial charge on any atom is 0.205 e. The number of anilines is 1.